The Bertz CT molecular complexity index is 516. The van der Waals surface area contributed by atoms with E-state index in [1.54, 1.807) is 13.4 Å². The highest BCUT2D eigenvalue weighted by Gasteiger charge is 2.07. The molecule has 0 radical (unpaired) electrons. The summed E-state index contributed by atoms with van der Waals surface area (Å²) in [6.45, 7) is 3.94. The van der Waals surface area contributed by atoms with Gasteiger partial charge in [0.15, 0.2) is 0 Å². The molecule has 16 heavy (non-hydrogen) atoms. The Balaban J connectivity index is 2.55. The minimum Gasteiger partial charge on any atom is -0.373 e. The lowest BCUT2D eigenvalue weighted by atomic mass is 10.4. The van der Waals surface area contributed by atoms with Crippen molar-refractivity contribution in [3.05, 3.63) is 23.8 Å². The molecule has 0 aliphatic rings. The van der Waals surface area contributed by atoms with Crippen LogP contribution in [0.25, 0.3) is 5.82 Å². The molecule has 2 aromatic rings. The summed E-state index contributed by atoms with van der Waals surface area (Å²) in [5, 5.41) is 2.94. The fourth-order valence-electron chi connectivity index (χ4n) is 1.43. The average Bonchev–Trinajstić information content (AvgIpc) is 2.59. The summed E-state index contributed by atoms with van der Waals surface area (Å²) in [6, 6.07) is 1.82. The van der Waals surface area contributed by atoms with Gasteiger partial charge in [-0.2, -0.15) is 9.97 Å². The predicted octanol–water partition coefficient (Wildman–Crippen LogP) is 0.903. The minimum atomic E-state index is 0.243. The molecule has 84 valence electrons. The van der Waals surface area contributed by atoms with Crippen molar-refractivity contribution in [3.8, 4) is 5.82 Å². The Morgan fingerprint density at radius 3 is 2.62 bits per heavy atom. The third kappa shape index (κ3) is 1.69. The van der Waals surface area contributed by atoms with Crippen LogP contribution >= 0.6 is 0 Å². The van der Waals surface area contributed by atoms with Crippen molar-refractivity contribution in [2.45, 2.75) is 13.8 Å². The van der Waals surface area contributed by atoms with Crippen LogP contribution < -0.4 is 11.1 Å². The quantitative estimate of drug-likeness (QED) is 0.782. The molecule has 6 heteroatoms. The van der Waals surface area contributed by atoms with Gasteiger partial charge in [-0.05, 0) is 13.8 Å². The van der Waals surface area contributed by atoms with E-state index in [-0.39, 0.29) is 5.95 Å². The first-order chi connectivity index (χ1) is 7.61. The van der Waals surface area contributed by atoms with Crippen LogP contribution in [0, 0.1) is 13.8 Å². The molecule has 0 unspecified atom stereocenters. The Morgan fingerprint density at radius 2 is 2.06 bits per heavy atom. The maximum atomic E-state index is 5.63. The molecule has 3 N–H and O–H groups in total. The van der Waals surface area contributed by atoms with Crippen molar-refractivity contribution in [1.82, 2.24) is 19.5 Å². The van der Waals surface area contributed by atoms with Crippen LogP contribution in [0.2, 0.25) is 0 Å². The second-order valence-electron chi connectivity index (χ2n) is 3.50. The Morgan fingerprint density at radius 1 is 1.31 bits per heavy atom. The van der Waals surface area contributed by atoms with E-state index in [0.29, 0.717) is 5.82 Å². The Labute approximate surface area is 93.6 Å². The third-order valence-corrected chi connectivity index (χ3v) is 2.48. The summed E-state index contributed by atoms with van der Waals surface area (Å²) in [5.74, 6) is 1.65. The van der Waals surface area contributed by atoms with E-state index in [9.17, 15) is 0 Å². The SMILES string of the molecule is CNc1cc(-n2cnc(C)c2C)nc(N)n1. The average molecular weight is 218 g/mol. The highest BCUT2D eigenvalue weighted by molar-refractivity contribution is 5.46. The number of imidazole rings is 1. The summed E-state index contributed by atoms with van der Waals surface area (Å²) >= 11 is 0. The Kier molecular flexibility index (Phi) is 2.47. The first-order valence-corrected chi connectivity index (χ1v) is 4.95. The standard InChI is InChI=1S/C10H14N6/c1-6-7(2)16(5-13-6)9-4-8(12-3)14-10(11)15-9/h4-5H,1-3H3,(H3,11,12,14,15). The number of nitrogens with two attached hydrogens (primary N) is 1. The molecule has 0 aliphatic heterocycles. The third-order valence-electron chi connectivity index (χ3n) is 2.48. The molecule has 0 saturated carbocycles. The predicted molar refractivity (Wildman–Crippen MR) is 62.6 cm³/mol. The molecule has 6 nitrogen and oxygen atoms in total. The molecule has 0 amide bonds. The number of hydrogen-bond donors (Lipinski definition) is 2. The van der Waals surface area contributed by atoms with Gasteiger partial charge in [-0.1, -0.05) is 0 Å². The first-order valence-electron chi connectivity index (χ1n) is 4.95. The molecule has 0 aromatic carbocycles. The van der Waals surface area contributed by atoms with Crippen molar-refractivity contribution in [2.24, 2.45) is 0 Å². The largest absolute Gasteiger partial charge is 0.373 e. The van der Waals surface area contributed by atoms with Crippen LogP contribution in [0.4, 0.5) is 11.8 Å². The molecule has 0 bridgehead atoms. The molecular formula is C10H14N6. The molecule has 0 fully saturated rings. The van der Waals surface area contributed by atoms with Gasteiger partial charge in [0.05, 0.1) is 5.69 Å². The number of aromatic nitrogens is 4. The summed E-state index contributed by atoms with van der Waals surface area (Å²) in [7, 11) is 1.79. The summed E-state index contributed by atoms with van der Waals surface area (Å²) < 4.78 is 1.88. The summed E-state index contributed by atoms with van der Waals surface area (Å²) in [6.07, 6.45) is 1.73. The minimum absolute atomic E-state index is 0.243. The number of aryl methyl sites for hydroxylation is 1. The van der Waals surface area contributed by atoms with E-state index in [1.807, 2.05) is 24.5 Å². The van der Waals surface area contributed by atoms with E-state index in [4.69, 9.17) is 5.73 Å². The summed E-state index contributed by atoms with van der Waals surface area (Å²) in [4.78, 5) is 12.4. The van der Waals surface area contributed by atoms with Crippen molar-refractivity contribution >= 4 is 11.8 Å². The van der Waals surface area contributed by atoms with Gasteiger partial charge in [0.1, 0.15) is 18.0 Å². The van der Waals surface area contributed by atoms with Gasteiger partial charge in [0.2, 0.25) is 5.95 Å². The van der Waals surface area contributed by atoms with Crippen molar-refractivity contribution in [3.63, 3.8) is 0 Å². The van der Waals surface area contributed by atoms with Crippen molar-refractivity contribution in [1.29, 1.82) is 0 Å². The topological polar surface area (TPSA) is 81.7 Å². The van der Waals surface area contributed by atoms with Crippen LogP contribution in [0.1, 0.15) is 11.4 Å². The van der Waals surface area contributed by atoms with E-state index < -0.39 is 0 Å². The number of nitrogens with zero attached hydrogens (tertiary/aromatic N) is 4. The highest BCUT2D eigenvalue weighted by atomic mass is 15.2. The van der Waals surface area contributed by atoms with E-state index in [1.165, 1.54) is 0 Å². The zero-order chi connectivity index (χ0) is 11.7. The number of nitrogens with one attached hydrogen (secondary N) is 1. The molecule has 0 aliphatic carbocycles. The van der Waals surface area contributed by atoms with Crippen LogP contribution in [0.3, 0.4) is 0 Å². The van der Waals surface area contributed by atoms with Crippen molar-refractivity contribution in [2.75, 3.05) is 18.1 Å². The maximum Gasteiger partial charge on any atom is 0.223 e. The van der Waals surface area contributed by atoms with E-state index in [2.05, 4.69) is 20.3 Å². The van der Waals surface area contributed by atoms with E-state index in [0.717, 1.165) is 17.2 Å². The molecule has 2 heterocycles. The second kappa shape index (κ2) is 3.80. The van der Waals surface area contributed by atoms with Gasteiger partial charge >= 0.3 is 0 Å². The lowest BCUT2D eigenvalue weighted by Crippen LogP contribution is -2.06. The van der Waals surface area contributed by atoms with Crippen LogP contribution in [-0.4, -0.2) is 26.6 Å². The van der Waals surface area contributed by atoms with Gasteiger partial charge in [-0.15, -0.1) is 0 Å². The number of rotatable bonds is 2. The van der Waals surface area contributed by atoms with Gasteiger partial charge < -0.3 is 11.1 Å². The fourth-order valence-corrected chi connectivity index (χ4v) is 1.43. The smallest absolute Gasteiger partial charge is 0.223 e. The molecular weight excluding hydrogens is 204 g/mol. The number of hydrogen-bond acceptors (Lipinski definition) is 5. The normalized spacial score (nSPS) is 10.4. The zero-order valence-electron chi connectivity index (χ0n) is 9.52. The van der Waals surface area contributed by atoms with Gasteiger partial charge in [-0.3, -0.25) is 4.57 Å². The maximum absolute atomic E-state index is 5.63. The van der Waals surface area contributed by atoms with Crippen LogP contribution in [0.15, 0.2) is 12.4 Å². The lowest BCUT2D eigenvalue weighted by Gasteiger charge is -2.07. The molecule has 0 spiro atoms. The highest BCUT2D eigenvalue weighted by Crippen LogP contribution is 2.15. The lowest BCUT2D eigenvalue weighted by molar-refractivity contribution is 0.941. The number of anilines is 2. The van der Waals surface area contributed by atoms with Gasteiger partial charge in [0, 0.05) is 18.8 Å². The van der Waals surface area contributed by atoms with Crippen LogP contribution in [-0.2, 0) is 0 Å². The number of nitrogen functional groups attached to an aromatic ring is 1. The first kappa shape index (κ1) is 10.4. The van der Waals surface area contributed by atoms with E-state index >= 15 is 0 Å². The fraction of sp³-hybridized carbons (Fsp3) is 0.300. The summed E-state index contributed by atoms with van der Waals surface area (Å²) in [5.41, 5.74) is 7.65. The van der Waals surface area contributed by atoms with Gasteiger partial charge in [-0.25, -0.2) is 4.98 Å². The molecule has 0 saturated heterocycles. The van der Waals surface area contributed by atoms with Crippen molar-refractivity contribution < 1.29 is 0 Å². The van der Waals surface area contributed by atoms with Gasteiger partial charge in [0.25, 0.3) is 0 Å². The molecule has 2 aromatic heterocycles. The van der Waals surface area contributed by atoms with Crippen LogP contribution in [0.5, 0.6) is 0 Å². The molecule has 2 rings (SSSR count). The Hall–Kier alpha value is -2.11. The monoisotopic (exact) mass is 218 g/mol. The second-order valence-corrected chi connectivity index (χ2v) is 3.50. The molecule has 0 atom stereocenters. The zero-order valence-corrected chi connectivity index (χ0v) is 9.52.